The summed E-state index contributed by atoms with van der Waals surface area (Å²) in [7, 11) is 0. The van der Waals surface area contributed by atoms with Crippen molar-refractivity contribution in [2.24, 2.45) is 0 Å². The number of aliphatic hydroxyl groups is 2. The summed E-state index contributed by atoms with van der Waals surface area (Å²) in [6.45, 7) is -0.313. The molecule has 1 unspecified atom stereocenters. The Morgan fingerprint density at radius 1 is 1.17 bits per heavy atom. The van der Waals surface area contributed by atoms with Crippen LogP contribution >= 0.6 is 0 Å². The highest BCUT2D eigenvalue weighted by molar-refractivity contribution is 5.74. The Morgan fingerprint density at radius 2 is 1.83 bits per heavy atom. The van der Waals surface area contributed by atoms with Crippen molar-refractivity contribution in [2.75, 3.05) is 6.61 Å². The average molecular weight is 244 g/mol. The first-order valence-electron chi connectivity index (χ1n) is 6.35. The van der Waals surface area contributed by atoms with E-state index in [9.17, 15) is 5.11 Å². The first kappa shape index (κ1) is 11.6. The summed E-state index contributed by atoms with van der Waals surface area (Å²) in [5, 5.41) is 19.0. The molecule has 0 amide bonds. The lowest BCUT2D eigenvalue weighted by atomic mass is 9.81. The fourth-order valence-corrected chi connectivity index (χ4v) is 2.34. The summed E-state index contributed by atoms with van der Waals surface area (Å²) < 4.78 is 0. The van der Waals surface area contributed by atoms with Gasteiger partial charge in [0.15, 0.2) is 0 Å². The Bertz CT molecular complexity index is 523. The Labute approximate surface area is 105 Å². The van der Waals surface area contributed by atoms with E-state index in [2.05, 4.69) is 9.97 Å². The van der Waals surface area contributed by atoms with Gasteiger partial charge >= 0.3 is 0 Å². The van der Waals surface area contributed by atoms with Crippen molar-refractivity contribution in [3.05, 3.63) is 35.7 Å². The van der Waals surface area contributed by atoms with Crippen molar-refractivity contribution in [3.63, 3.8) is 0 Å². The van der Waals surface area contributed by atoms with Gasteiger partial charge in [-0.3, -0.25) is 0 Å². The van der Waals surface area contributed by atoms with Crippen LogP contribution in [0.15, 0.2) is 24.3 Å². The molecule has 1 aromatic heterocycles. The average Bonchev–Trinajstić information content (AvgIpc) is 2.35. The van der Waals surface area contributed by atoms with Crippen LogP contribution < -0.4 is 0 Å². The first-order chi connectivity index (χ1) is 8.79. The van der Waals surface area contributed by atoms with Gasteiger partial charge < -0.3 is 10.2 Å². The molecular weight excluding hydrogens is 228 g/mol. The van der Waals surface area contributed by atoms with E-state index in [-0.39, 0.29) is 6.61 Å². The summed E-state index contributed by atoms with van der Waals surface area (Å²) in [6, 6.07) is 7.64. The van der Waals surface area contributed by atoms with Gasteiger partial charge in [-0.2, -0.15) is 0 Å². The molecule has 18 heavy (non-hydrogen) atoms. The SMILES string of the molecule is OCC(O)c1nc2ccccc2nc1C1CCC1. The zero-order valence-electron chi connectivity index (χ0n) is 10.1. The molecule has 1 heterocycles. The molecule has 1 aliphatic rings. The van der Waals surface area contributed by atoms with Crippen LogP contribution in [-0.2, 0) is 0 Å². The quantitative estimate of drug-likeness (QED) is 0.865. The molecule has 3 rings (SSSR count). The van der Waals surface area contributed by atoms with E-state index >= 15 is 0 Å². The number of hydrogen-bond acceptors (Lipinski definition) is 4. The van der Waals surface area contributed by atoms with E-state index in [4.69, 9.17) is 5.11 Å². The Balaban J connectivity index is 2.16. The summed E-state index contributed by atoms with van der Waals surface area (Å²) in [6.07, 6.45) is 2.46. The highest BCUT2D eigenvalue weighted by Crippen LogP contribution is 2.38. The molecule has 1 aliphatic carbocycles. The van der Waals surface area contributed by atoms with E-state index in [1.54, 1.807) is 0 Å². The second-order valence-corrected chi connectivity index (χ2v) is 4.81. The third-order valence-corrected chi connectivity index (χ3v) is 3.61. The van der Waals surface area contributed by atoms with Crippen molar-refractivity contribution in [1.29, 1.82) is 0 Å². The van der Waals surface area contributed by atoms with Crippen LogP contribution in [0.25, 0.3) is 11.0 Å². The Kier molecular flexibility index (Phi) is 2.97. The molecule has 0 bridgehead atoms. The van der Waals surface area contributed by atoms with E-state index in [1.165, 1.54) is 6.42 Å². The number of fused-ring (bicyclic) bond motifs is 1. The Morgan fingerprint density at radius 3 is 2.39 bits per heavy atom. The zero-order valence-corrected chi connectivity index (χ0v) is 10.1. The van der Waals surface area contributed by atoms with E-state index < -0.39 is 6.10 Å². The van der Waals surface area contributed by atoms with Gasteiger partial charge in [0.05, 0.1) is 29.0 Å². The Hall–Kier alpha value is -1.52. The maximum Gasteiger partial charge on any atom is 0.121 e. The lowest BCUT2D eigenvalue weighted by molar-refractivity contribution is 0.0904. The first-order valence-corrected chi connectivity index (χ1v) is 6.35. The van der Waals surface area contributed by atoms with E-state index in [1.807, 2.05) is 24.3 Å². The van der Waals surface area contributed by atoms with E-state index in [0.717, 1.165) is 29.6 Å². The third kappa shape index (κ3) is 1.87. The summed E-state index contributed by atoms with van der Waals surface area (Å²) in [5.41, 5.74) is 3.03. The van der Waals surface area contributed by atoms with Gasteiger partial charge in [-0.1, -0.05) is 18.6 Å². The van der Waals surface area contributed by atoms with Gasteiger partial charge in [0.25, 0.3) is 0 Å². The number of aromatic nitrogens is 2. The predicted octanol–water partition coefficient (Wildman–Crippen LogP) is 1.92. The van der Waals surface area contributed by atoms with Gasteiger partial charge in [0.2, 0.25) is 0 Å². The lowest BCUT2D eigenvalue weighted by Gasteiger charge is -2.27. The molecule has 2 aromatic rings. The number of rotatable bonds is 3. The van der Waals surface area contributed by atoms with Gasteiger partial charge in [-0.25, -0.2) is 9.97 Å². The molecular formula is C14H16N2O2. The van der Waals surface area contributed by atoms with Crippen LogP contribution in [0.3, 0.4) is 0 Å². The van der Waals surface area contributed by atoms with Crippen LogP contribution in [0.2, 0.25) is 0 Å². The van der Waals surface area contributed by atoms with Gasteiger partial charge in [0.1, 0.15) is 6.10 Å². The number of benzene rings is 1. The molecule has 1 fully saturated rings. The molecule has 0 saturated heterocycles. The summed E-state index contributed by atoms with van der Waals surface area (Å²) in [4.78, 5) is 9.11. The van der Waals surface area contributed by atoms with Crippen molar-refractivity contribution < 1.29 is 10.2 Å². The maximum absolute atomic E-state index is 9.89. The number of nitrogens with zero attached hydrogens (tertiary/aromatic N) is 2. The minimum absolute atomic E-state index is 0.313. The topological polar surface area (TPSA) is 66.2 Å². The largest absolute Gasteiger partial charge is 0.393 e. The molecule has 0 aliphatic heterocycles. The minimum atomic E-state index is -0.933. The second-order valence-electron chi connectivity index (χ2n) is 4.81. The summed E-state index contributed by atoms with van der Waals surface area (Å²) >= 11 is 0. The monoisotopic (exact) mass is 244 g/mol. The van der Waals surface area contributed by atoms with Crippen molar-refractivity contribution in [3.8, 4) is 0 Å². The van der Waals surface area contributed by atoms with Crippen molar-refractivity contribution in [1.82, 2.24) is 9.97 Å². The van der Waals surface area contributed by atoms with Gasteiger partial charge in [-0.15, -0.1) is 0 Å². The van der Waals surface area contributed by atoms with Crippen LogP contribution in [0.4, 0.5) is 0 Å². The molecule has 1 atom stereocenters. The fourth-order valence-electron chi connectivity index (χ4n) is 2.34. The van der Waals surface area contributed by atoms with E-state index in [0.29, 0.717) is 11.6 Å². The smallest absolute Gasteiger partial charge is 0.121 e. The van der Waals surface area contributed by atoms with Gasteiger partial charge in [0, 0.05) is 5.92 Å². The molecule has 0 spiro atoms. The number of hydrogen-bond donors (Lipinski definition) is 2. The lowest BCUT2D eigenvalue weighted by Crippen LogP contribution is -2.18. The van der Waals surface area contributed by atoms with Crippen molar-refractivity contribution >= 4 is 11.0 Å². The molecule has 94 valence electrons. The van der Waals surface area contributed by atoms with Crippen LogP contribution in [0.1, 0.15) is 42.7 Å². The maximum atomic E-state index is 9.89. The van der Waals surface area contributed by atoms with Crippen LogP contribution in [0.5, 0.6) is 0 Å². The molecule has 1 saturated carbocycles. The van der Waals surface area contributed by atoms with Gasteiger partial charge in [-0.05, 0) is 25.0 Å². The molecule has 0 radical (unpaired) electrons. The zero-order chi connectivity index (χ0) is 12.5. The fraction of sp³-hybridized carbons (Fsp3) is 0.429. The number of aliphatic hydroxyl groups excluding tert-OH is 2. The standard InChI is InChI=1S/C14H16N2O2/c17-8-12(18)14-13(9-4-3-5-9)15-10-6-1-2-7-11(10)16-14/h1-2,6-7,9,12,17-18H,3-5,8H2. The highest BCUT2D eigenvalue weighted by Gasteiger charge is 2.27. The predicted molar refractivity (Wildman–Crippen MR) is 68.2 cm³/mol. The second kappa shape index (κ2) is 4.63. The van der Waals surface area contributed by atoms with Crippen LogP contribution in [-0.4, -0.2) is 26.8 Å². The van der Waals surface area contributed by atoms with Crippen LogP contribution in [0, 0.1) is 0 Å². The van der Waals surface area contributed by atoms with Crippen molar-refractivity contribution in [2.45, 2.75) is 31.3 Å². The summed E-state index contributed by atoms with van der Waals surface area (Å²) in [5.74, 6) is 0.387. The highest BCUT2D eigenvalue weighted by atomic mass is 16.3. The third-order valence-electron chi connectivity index (χ3n) is 3.61. The minimum Gasteiger partial charge on any atom is -0.393 e. The number of para-hydroxylation sites is 2. The molecule has 2 N–H and O–H groups in total. The molecule has 4 nitrogen and oxygen atoms in total. The molecule has 4 heteroatoms. The normalized spacial score (nSPS) is 17.7. The molecule has 1 aromatic carbocycles.